The van der Waals surface area contributed by atoms with Crippen LogP contribution in [0.5, 0.6) is 0 Å². The normalized spacial score (nSPS) is 11.7. The Morgan fingerprint density at radius 1 is 1.23 bits per heavy atom. The lowest BCUT2D eigenvalue weighted by Gasteiger charge is -2.13. The van der Waals surface area contributed by atoms with Gasteiger partial charge in [-0.2, -0.15) is 4.98 Å². The minimum atomic E-state index is -1.09. The molecule has 0 spiro atoms. The average molecular weight is 429 g/mol. The van der Waals surface area contributed by atoms with Crippen LogP contribution in [0.3, 0.4) is 0 Å². The summed E-state index contributed by atoms with van der Waals surface area (Å²) < 4.78 is 4.96. The van der Waals surface area contributed by atoms with E-state index < -0.39 is 12.0 Å². The van der Waals surface area contributed by atoms with E-state index in [1.807, 2.05) is 0 Å². The number of nitrogens with one attached hydrogen (secondary N) is 2. The van der Waals surface area contributed by atoms with Crippen LogP contribution in [0.2, 0.25) is 0 Å². The molecule has 1 atom stereocenters. The van der Waals surface area contributed by atoms with Crippen molar-refractivity contribution in [3.8, 4) is 11.4 Å². The van der Waals surface area contributed by atoms with Crippen molar-refractivity contribution in [3.63, 3.8) is 0 Å². The molecule has 3 rings (SSSR count). The summed E-state index contributed by atoms with van der Waals surface area (Å²) in [5.74, 6) is -1.02. The molecule has 30 heavy (non-hydrogen) atoms. The van der Waals surface area contributed by atoms with E-state index in [1.165, 1.54) is 0 Å². The summed E-state index contributed by atoms with van der Waals surface area (Å²) in [5, 5.41) is 18.4. The maximum Gasteiger partial charge on any atom is 0.347 e. The van der Waals surface area contributed by atoms with Gasteiger partial charge in [-0.3, -0.25) is 9.59 Å². The van der Waals surface area contributed by atoms with E-state index in [1.54, 1.807) is 45.0 Å². The third-order valence-corrected chi connectivity index (χ3v) is 5.08. The molecule has 11 heteroatoms. The molecule has 0 saturated carbocycles. The van der Waals surface area contributed by atoms with Gasteiger partial charge in [-0.05, 0) is 26.0 Å². The van der Waals surface area contributed by atoms with Crippen molar-refractivity contribution >= 4 is 34.3 Å². The summed E-state index contributed by atoms with van der Waals surface area (Å²) in [6.45, 7) is 4.93. The molecule has 0 saturated heterocycles. The van der Waals surface area contributed by atoms with Crippen LogP contribution in [-0.4, -0.2) is 44.1 Å². The third kappa shape index (κ3) is 5.06. The van der Waals surface area contributed by atoms with Gasteiger partial charge in [0.25, 0.3) is 5.91 Å². The zero-order valence-electron chi connectivity index (χ0n) is 16.4. The summed E-state index contributed by atoms with van der Waals surface area (Å²) in [5.41, 5.74) is 1.36. The summed E-state index contributed by atoms with van der Waals surface area (Å²) >= 11 is 0.886. The van der Waals surface area contributed by atoms with Gasteiger partial charge in [0.15, 0.2) is 5.13 Å². The summed E-state index contributed by atoms with van der Waals surface area (Å²) in [6.07, 6.45) is -0.00347. The molecule has 1 unspecified atom stereocenters. The summed E-state index contributed by atoms with van der Waals surface area (Å²) in [4.78, 5) is 44.0. The molecule has 156 valence electrons. The Hall–Kier alpha value is -3.60. The second kappa shape index (κ2) is 8.82. The molecule has 2 heterocycles. The van der Waals surface area contributed by atoms with Crippen LogP contribution in [-0.2, 0) is 4.79 Å². The van der Waals surface area contributed by atoms with E-state index >= 15 is 0 Å². The molecule has 3 aromatic rings. The van der Waals surface area contributed by atoms with Crippen LogP contribution in [0, 0.1) is 13.8 Å². The zero-order chi connectivity index (χ0) is 21.8. The van der Waals surface area contributed by atoms with Crippen molar-refractivity contribution in [1.29, 1.82) is 0 Å². The van der Waals surface area contributed by atoms with Crippen LogP contribution in [0.4, 0.5) is 5.13 Å². The molecule has 0 aliphatic heterocycles. The van der Waals surface area contributed by atoms with Gasteiger partial charge in [-0.25, -0.2) is 9.78 Å². The maximum atomic E-state index is 12.5. The Labute approximate surface area is 175 Å². The third-order valence-electron chi connectivity index (χ3n) is 4.02. The summed E-state index contributed by atoms with van der Waals surface area (Å²) in [7, 11) is 0. The van der Waals surface area contributed by atoms with Crippen LogP contribution < -0.4 is 10.6 Å². The molecule has 1 aromatic carbocycles. The highest BCUT2D eigenvalue weighted by Crippen LogP contribution is 2.22. The molecular weight excluding hydrogens is 410 g/mol. The standard InChI is InChI=1S/C19H19N5O5S/c1-9(7-14(25)23-19-21-10(2)15(30-19)18(27)28)20-17(26)13-6-4-5-12(8-13)16-22-11(3)29-24-16/h4-6,8-9H,7H2,1-3H3,(H,20,26)(H,27,28)(H,21,23,25). The Morgan fingerprint density at radius 2 is 2.00 bits per heavy atom. The molecule has 0 fully saturated rings. The first-order valence-electron chi connectivity index (χ1n) is 8.95. The predicted octanol–water partition coefficient (Wildman–Crippen LogP) is 2.66. The Kier molecular flexibility index (Phi) is 6.21. The molecule has 0 aliphatic carbocycles. The van der Waals surface area contributed by atoms with Crippen LogP contribution >= 0.6 is 11.3 Å². The molecule has 2 amide bonds. The Morgan fingerprint density at radius 3 is 2.63 bits per heavy atom. The summed E-state index contributed by atoms with van der Waals surface area (Å²) in [6, 6.07) is 6.29. The minimum Gasteiger partial charge on any atom is -0.477 e. The number of carbonyl (C=O) groups excluding carboxylic acids is 2. The number of hydrogen-bond donors (Lipinski definition) is 3. The number of hydrogen-bond acceptors (Lipinski definition) is 8. The molecular formula is C19H19N5O5S. The lowest BCUT2D eigenvalue weighted by Crippen LogP contribution is -2.35. The number of benzene rings is 1. The monoisotopic (exact) mass is 429 g/mol. The lowest BCUT2D eigenvalue weighted by atomic mass is 10.1. The fourth-order valence-electron chi connectivity index (χ4n) is 2.67. The number of anilines is 1. The van der Waals surface area contributed by atoms with E-state index in [9.17, 15) is 14.4 Å². The van der Waals surface area contributed by atoms with Crippen LogP contribution in [0.1, 0.15) is 45.0 Å². The number of aryl methyl sites for hydroxylation is 2. The largest absolute Gasteiger partial charge is 0.477 e. The van der Waals surface area contributed by atoms with Gasteiger partial charge in [-0.15, -0.1) is 0 Å². The number of carboxylic acids is 1. The number of carboxylic acid groups (broad SMARTS) is 1. The molecule has 0 bridgehead atoms. The first-order valence-corrected chi connectivity index (χ1v) is 9.76. The van der Waals surface area contributed by atoms with Gasteiger partial charge in [0, 0.05) is 30.5 Å². The number of rotatable bonds is 7. The maximum absolute atomic E-state index is 12.5. The molecule has 2 aromatic heterocycles. The SMILES string of the molecule is Cc1nc(-c2cccc(C(=O)NC(C)CC(=O)Nc3nc(C)c(C(=O)O)s3)c2)no1. The fraction of sp³-hybridized carbons (Fsp3) is 0.263. The van der Waals surface area contributed by atoms with Crippen LogP contribution in [0.25, 0.3) is 11.4 Å². The highest BCUT2D eigenvalue weighted by Gasteiger charge is 2.18. The average Bonchev–Trinajstić information content (AvgIpc) is 3.27. The number of nitrogens with zero attached hydrogens (tertiary/aromatic N) is 3. The van der Waals surface area contributed by atoms with Crippen molar-refractivity contribution in [2.24, 2.45) is 0 Å². The second-order valence-corrected chi connectivity index (χ2v) is 7.58. The first-order chi connectivity index (χ1) is 14.2. The Balaban J connectivity index is 1.58. The first kappa shape index (κ1) is 21.1. The number of aromatic carboxylic acids is 1. The number of aromatic nitrogens is 3. The van der Waals surface area contributed by atoms with Crippen LogP contribution in [0.15, 0.2) is 28.8 Å². The molecule has 10 nitrogen and oxygen atoms in total. The lowest BCUT2D eigenvalue weighted by molar-refractivity contribution is -0.116. The molecule has 0 aliphatic rings. The van der Waals surface area contributed by atoms with Gasteiger partial charge in [0.1, 0.15) is 4.88 Å². The minimum absolute atomic E-state index is 0.00347. The van der Waals surface area contributed by atoms with E-state index in [0.29, 0.717) is 28.5 Å². The van der Waals surface area contributed by atoms with Crippen molar-refractivity contribution in [1.82, 2.24) is 20.4 Å². The second-order valence-electron chi connectivity index (χ2n) is 6.58. The van der Waals surface area contributed by atoms with Crippen molar-refractivity contribution in [3.05, 3.63) is 46.3 Å². The number of thiazole rings is 1. The quantitative estimate of drug-likeness (QED) is 0.519. The number of amides is 2. The topological polar surface area (TPSA) is 147 Å². The van der Waals surface area contributed by atoms with Gasteiger partial charge in [0.2, 0.25) is 17.6 Å². The number of carbonyl (C=O) groups is 3. The van der Waals surface area contributed by atoms with E-state index in [-0.39, 0.29) is 28.2 Å². The van der Waals surface area contributed by atoms with E-state index in [0.717, 1.165) is 11.3 Å². The van der Waals surface area contributed by atoms with Crippen molar-refractivity contribution < 1.29 is 24.0 Å². The van der Waals surface area contributed by atoms with E-state index in [2.05, 4.69) is 25.8 Å². The Bertz CT molecular complexity index is 1110. The smallest absolute Gasteiger partial charge is 0.347 e. The van der Waals surface area contributed by atoms with Gasteiger partial charge >= 0.3 is 5.97 Å². The van der Waals surface area contributed by atoms with Gasteiger partial charge in [-0.1, -0.05) is 28.6 Å². The zero-order valence-corrected chi connectivity index (χ0v) is 17.2. The fourth-order valence-corrected chi connectivity index (χ4v) is 3.49. The van der Waals surface area contributed by atoms with Crippen molar-refractivity contribution in [2.75, 3.05) is 5.32 Å². The van der Waals surface area contributed by atoms with Crippen molar-refractivity contribution in [2.45, 2.75) is 33.2 Å². The van der Waals surface area contributed by atoms with E-state index in [4.69, 9.17) is 9.63 Å². The van der Waals surface area contributed by atoms with Gasteiger partial charge in [0.05, 0.1) is 5.69 Å². The predicted molar refractivity (Wildman–Crippen MR) is 108 cm³/mol. The highest BCUT2D eigenvalue weighted by atomic mass is 32.1. The molecule has 3 N–H and O–H groups in total. The van der Waals surface area contributed by atoms with Gasteiger partial charge < -0.3 is 20.3 Å². The molecule has 0 radical (unpaired) electrons. The highest BCUT2D eigenvalue weighted by molar-refractivity contribution is 7.17.